The molecule has 2 aliphatic carbocycles. The molecule has 2 N–H and O–H groups in total. The summed E-state index contributed by atoms with van der Waals surface area (Å²) in [5, 5.41) is 12.4. The fourth-order valence-electron chi connectivity index (χ4n) is 8.71. The van der Waals surface area contributed by atoms with Gasteiger partial charge < -0.3 is 9.84 Å². The van der Waals surface area contributed by atoms with Crippen molar-refractivity contribution in [3.63, 3.8) is 0 Å². The third kappa shape index (κ3) is 5.06. The van der Waals surface area contributed by atoms with E-state index in [1.54, 1.807) is 69.3 Å². The van der Waals surface area contributed by atoms with Crippen molar-refractivity contribution in [2.75, 3.05) is 5.43 Å². The number of imide groups is 2. The number of carbonyl (C=O) groups excluding carboxylic acids is 4. The molecular formula is C38H36F3N3O6. The number of aryl methyl sites for hydroxylation is 1. The summed E-state index contributed by atoms with van der Waals surface area (Å²) in [5.74, 6) is -7.76. The van der Waals surface area contributed by atoms with Crippen molar-refractivity contribution in [3.8, 4) is 11.5 Å². The van der Waals surface area contributed by atoms with Crippen LogP contribution in [0.1, 0.15) is 56.2 Å². The fourth-order valence-corrected chi connectivity index (χ4v) is 8.71. The number of fused-ring (bicyclic) bond motifs is 4. The first-order valence-corrected chi connectivity index (χ1v) is 16.5. The van der Waals surface area contributed by atoms with Crippen molar-refractivity contribution in [2.24, 2.45) is 23.7 Å². The summed E-state index contributed by atoms with van der Waals surface area (Å²) in [7, 11) is 0. The lowest BCUT2D eigenvalue weighted by Crippen LogP contribution is -2.53. The van der Waals surface area contributed by atoms with Crippen LogP contribution >= 0.6 is 0 Å². The highest BCUT2D eigenvalue weighted by molar-refractivity contribution is 6.13. The number of hydrazine groups is 1. The Morgan fingerprint density at radius 3 is 2.20 bits per heavy atom. The number of phenolic OH excluding ortho intramolecular Hbond substituents is 1. The summed E-state index contributed by atoms with van der Waals surface area (Å²) < 4.78 is 44.8. The molecule has 9 nitrogen and oxygen atoms in total. The maximum Gasteiger partial charge on any atom is 0.573 e. The Morgan fingerprint density at radius 1 is 0.880 bits per heavy atom. The van der Waals surface area contributed by atoms with Gasteiger partial charge in [-0.3, -0.25) is 29.5 Å². The van der Waals surface area contributed by atoms with Crippen LogP contribution in [0.25, 0.3) is 0 Å². The molecule has 3 aromatic carbocycles. The van der Waals surface area contributed by atoms with Crippen LogP contribution in [-0.2, 0) is 24.6 Å². The van der Waals surface area contributed by atoms with Gasteiger partial charge in [-0.25, -0.2) is 0 Å². The molecule has 6 unspecified atom stereocenters. The standard InChI is InChI=1S/C38H36F3N3O6/c1-20-10-12-22(13-11-20)42-44-33(47)28-19-26-24(15-16-25-30(26)34(48)43(32(25)46)36(2,3)4)31(37(28,35(44)49)21-8-6-5-7-9-21)27-18-23(14-17-29(27)45)50-38(39,40)41/h5-15,17-18,25-26,28,30-31,42,45H,16,19H2,1-4H3. The SMILES string of the molecule is Cc1ccc(NN2C(=O)C3CC4C(=CCC5C(=O)N(C(C)(C)C)C(=O)C54)C(c4cc(OC(F)(F)F)ccc4O)C3(c3ccccc3)C2=O)cc1. The number of halogens is 3. The van der Waals surface area contributed by atoms with Gasteiger partial charge in [0.1, 0.15) is 11.5 Å². The Balaban J connectivity index is 1.47. The molecule has 6 atom stereocenters. The molecule has 0 bridgehead atoms. The number of anilines is 1. The van der Waals surface area contributed by atoms with E-state index in [0.29, 0.717) is 16.8 Å². The second kappa shape index (κ2) is 11.5. The fraction of sp³-hybridized carbons (Fsp3) is 0.368. The molecule has 50 heavy (non-hydrogen) atoms. The topological polar surface area (TPSA) is 116 Å². The minimum Gasteiger partial charge on any atom is -0.508 e. The van der Waals surface area contributed by atoms with Crippen molar-refractivity contribution in [1.82, 2.24) is 9.91 Å². The molecule has 3 fully saturated rings. The van der Waals surface area contributed by atoms with Crippen LogP contribution in [0.15, 0.2) is 84.4 Å². The Bertz CT molecular complexity index is 1940. The molecule has 2 saturated heterocycles. The van der Waals surface area contributed by atoms with Crippen molar-refractivity contribution in [2.45, 2.75) is 63.8 Å². The van der Waals surface area contributed by atoms with Crippen LogP contribution in [0.5, 0.6) is 11.5 Å². The number of benzene rings is 3. The van der Waals surface area contributed by atoms with Gasteiger partial charge >= 0.3 is 6.36 Å². The highest BCUT2D eigenvalue weighted by Gasteiger charge is 2.71. The zero-order valence-electron chi connectivity index (χ0n) is 27.8. The number of ether oxygens (including phenoxy) is 1. The minimum atomic E-state index is -5.05. The van der Waals surface area contributed by atoms with E-state index in [9.17, 15) is 32.7 Å². The van der Waals surface area contributed by atoms with Gasteiger partial charge in [0.15, 0.2) is 0 Å². The van der Waals surface area contributed by atoms with Gasteiger partial charge in [0, 0.05) is 17.0 Å². The number of hydrogen-bond acceptors (Lipinski definition) is 7. The number of nitrogens with zero attached hydrogens (tertiary/aromatic N) is 2. The van der Waals surface area contributed by atoms with Gasteiger partial charge in [0.2, 0.25) is 11.8 Å². The number of likely N-dealkylation sites (tertiary alicyclic amines) is 1. The number of rotatable bonds is 5. The number of amides is 4. The van der Waals surface area contributed by atoms with Gasteiger partial charge in [0.25, 0.3) is 11.8 Å². The Labute approximate surface area is 286 Å². The molecule has 2 heterocycles. The van der Waals surface area contributed by atoms with E-state index in [4.69, 9.17) is 0 Å². The second-order valence-corrected chi connectivity index (χ2v) is 14.5. The van der Waals surface area contributed by atoms with Crippen LogP contribution in [0.4, 0.5) is 18.9 Å². The summed E-state index contributed by atoms with van der Waals surface area (Å²) in [4.78, 5) is 59.0. The second-order valence-electron chi connectivity index (χ2n) is 14.5. The Morgan fingerprint density at radius 2 is 1.56 bits per heavy atom. The van der Waals surface area contributed by atoms with Crippen molar-refractivity contribution >= 4 is 29.3 Å². The third-order valence-corrected chi connectivity index (χ3v) is 10.6. The number of alkyl halides is 3. The molecule has 0 radical (unpaired) electrons. The minimum absolute atomic E-state index is 0.00551. The predicted octanol–water partition coefficient (Wildman–Crippen LogP) is 6.38. The average Bonchev–Trinajstić information content (AvgIpc) is 3.44. The lowest BCUT2D eigenvalue weighted by molar-refractivity contribution is -0.274. The Kier molecular flexibility index (Phi) is 7.65. The zero-order valence-corrected chi connectivity index (χ0v) is 27.8. The van der Waals surface area contributed by atoms with E-state index in [1.165, 1.54) is 4.90 Å². The number of allylic oxidation sites excluding steroid dienone is 2. The molecule has 4 aliphatic rings. The van der Waals surface area contributed by atoms with Crippen molar-refractivity contribution in [1.29, 1.82) is 0 Å². The lowest BCUT2D eigenvalue weighted by Gasteiger charge is -2.50. The molecular weight excluding hydrogens is 651 g/mol. The summed E-state index contributed by atoms with van der Waals surface area (Å²) in [6, 6.07) is 18.6. The van der Waals surface area contributed by atoms with E-state index in [2.05, 4.69) is 10.2 Å². The number of carbonyl (C=O) groups is 4. The molecule has 4 amide bonds. The van der Waals surface area contributed by atoms with Crippen LogP contribution in [0, 0.1) is 30.6 Å². The largest absolute Gasteiger partial charge is 0.573 e. The zero-order chi connectivity index (χ0) is 35.9. The van der Waals surface area contributed by atoms with Gasteiger partial charge in [-0.15, -0.1) is 13.2 Å². The predicted molar refractivity (Wildman–Crippen MR) is 175 cm³/mol. The van der Waals surface area contributed by atoms with E-state index in [1.807, 2.05) is 19.1 Å². The van der Waals surface area contributed by atoms with E-state index >= 15 is 4.79 Å². The van der Waals surface area contributed by atoms with Crippen LogP contribution in [0.3, 0.4) is 0 Å². The molecule has 3 aromatic rings. The van der Waals surface area contributed by atoms with Crippen LogP contribution in [0.2, 0.25) is 0 Å². The summed E-state index contributed by atoms with van der Waals surface area (Å²) in [6.45, 7) is 7.17. The normalized spacial score (nSPS) is 27.9. The summed E-state index contributed by atoms with van der Waals surface area (Å²) >= 11 is 0. The maximum absolute atomic E-state index is 15.1. The van der Waals surface area contributed by atoms with Crippen molar-refractivity contribution in [3.05, 3.63) is 101 Å². The molecule has 2 aliphatic heterocycles. The third-order valence-electron chi connectivity index (χ3n) is 10.6. The van der Waals surface area contributed by atoms with E-state index < -0.39 is 76.1 Å². The maximum atomic E-state index is 15.1. The number of nitrogens with one attached hydrogen (secondary N) is 1. The molecule has 1 saturated carbocycles. The van der Waals surface area contributed by atoms with Gasteiger partial charge in [-0.2, -0.15) is 5.01 Å². The van der Waals surface area contributed by atoms with Crippen LogP contribution in [-0.4, -0.2) is 50.5 Å². The first kappa shape index (κ1) is 33.4. The quantitative estimate of drug-likeness (QED) is 0.236. The molecule has 260 valence electrons. The first-order chi connectivity index (χ1) is 23.5. The molecule has 12 heteroatoms. The number of hydrogen-bond donors (Lipinski definition) is 2. The van der Waals surface area contributed by atoms with Crippen molar-refractivity contribution < 1.29 is 42.2 Å². The van der Waals surface area contributed by atoms with Crippen LogP contribution < -0.4 is 10.2 Å². The highest BCUT2D eigenvalue weighted by atomic mass is 19.4. The van der Waals surface area contributed by atoms with Gasteiger partial charge in [0.05, 0.1) is 28.9 Å². The molecule has 0 spiro atoms. The smallest absolute Gasteiger partial charge is 0.508 e. The monoisotopic (exact) mass is 687 g/mol. The average molecular weight is 688 g/mol. The lowest BCUT2D eigenvalue weighted by atomic mass is 9.49. The number of phenols is 1. The molecule has 0 aromatic heterocycles. The highest BCUT2D eigenvalue weighted by Crippen LogP contribution is 2.65. The van der Waals surface area contributed by atoms with E-state index in [0.717, 1.165) is 28.8 Å². The first-order valence-electron chi connectivity index (χ1n) is 16.5. The number of aromatic hydroxyl groups is 1. The summed E-state index contributed by atoms with van der Waals surface area (Å²) in [5.41, 5.74) is 2.61. The van der Waals surface area contributed by atoms with Gasteiger partial charge in [-0.05, 0) is 82.3 Å². The van der Waals surface area contributed by atoms with E-state index in [-0.39, 0.29) is 24.3 Å². The summed E-state index contributed by atoms with van der Waals surface area (Å²) in [6.07, 6.45) is -3.14. The molecule has 7 rings (SSSR count). The van der Waals surface area contributed by atoms with Gasteiger partial charge in [-0.1, -0.05) is 59.7 Å². The Hall–Kier alpha value is -5.13.